The van der Waals surface area contributed by atoms with Crippen LogP contribution in [0.1, 0.15) is 77.2 Å². The third-order valence-electron chi connectivity index (χ3n) is 5.19. The maximum absolute atomic E-state index is 5.89. The molecule has 0 fully saturated rings. The zero-order chi connectivity index (χ0) is 21.6. The molecule has 0 amide bonds. The van der Waals surface area contributed by atoms with Crippen molar-refractivity contribution < 1.29 is 4.74 Å². The van der Waals surface area contributed by atoms with Crippen LogP contribution in [0.25, 0.3) is 0 Å². The van der Waals surface area contributed by atoms with Crippen LogP contribution >= 0.6 is 0 Å². The van der Waals surface area contributed by atoms with Crippen molar-refractivity contribution in [2.24, 2.45) is 5.92 Å². The van der Waals surface area contributed by atoms with Crippen molar-refractivity contribution in [1.29, 1.82) is 0 Å². The Morgan fingerprint density at radius 2 is 1.50 bits per heavy atom. The predicted molar refractivity (Wildman–Crippen MR) is 126 cm³/mol. The molecule has 6 nitrogen and oxygen atoms in total. The van der Waals surface area contributed by atoms with Crippen LogP contribution in [0.2, 0.25) is 0 Å². The number of nitrogens with zero attached hydrogens (tertiary/aromatic N) is 3. The molecule has 0 saturated heterocycles. The van der Waals surface area contributed by atoms with E-state index in [0.717, 1.165) is 5.69 Å². The Bertz CT molecular complexity index is 720. The average Bonchev–Trinajstić information content (AvgIpc) is 2.75. The quantitative estimate of drug-likeness (QED) is 0.324. The number of nitrogens with one attached hydrogen (secondary N) is 2. The first-order chi connectivity index (χ1) is 14.6. The zero-order valence-corrected chi connectivity index (χ0v) is 19.2. The summed E-state index contributed by atoms with van der Waals surface area (Å²) in [5.41, 5.74) is 2.14. The smallest absolute Gasteiger partial charge is 0.323 e. The van der Waals surface area contributed by atoms with Crippen molar-refractivity contribution in [3.05, 3.63) is 29.8 Å². The summed E-state index contributed by atoms with van der Waals surface area (Å²) in [5.74, 6) is 1.45. The number of unbranched alkanes of at least 4 members (excludes halogenated alkanes) is 7. The van der Waals surface area contributed by atoms with Gasteiger partial charge in [-0.1, -0.05) is 82.9 Å². The number of hydrogen-bond acceptors (Lipinski definition) is 6. The first-order valence-corrected chi connectivity index (χ1v) is 11.5. The van der Waals surface area contributed by atoms with E-state index in [1.807, 2.05) is 24.3 Å². The summed E-state index contributed by atoms with van der Waals surface area (Å²) in [6.45, 7) is 7.18. The summed E-state index contributed by atoms with van der Waals surface area (Å²) in [6, 6.07) is 8.46. The molecule has 0 aliphatic heterocycles. The molecule has 1 atom stereocenters. The minimum absolute atomic E-state index is 0.353. The van der Waals surface area contributed by atoms with E-state index in [0.29, 0.717) is 30.4 Å². The van der Waals surface area contributed by atoms with Gasteiger partial charge in [0, 0.05) is 12.7 Å². The van der Waals surface area contributed by atoms with Gasteiger partial charge in [0.1, 0.15) is 0 Å². The number of rotatable bonds is 15. The summed E-state index contributed by atoms with van der Waals surface area (Å²) in [4.78, 5) is 13.1. The van der Waals surface area contributed by atoms with Crippen molar-refractivity contribution in [1.82, 2.24) is 15.0 Å². The molecule has 6 heteroatoms. The van der Waals surface area contributed by atoms with E-state index in [9.17, 15) is 0 Å². The Hall–Kier alpha value is -2.37. The molecule has 1 heterocycles. The predicted octanol–water partition coefficient (Wildman–Crippen LogP) is 6.51. The van der Waals surface area contributed by atoms with Crippen molar-refractivity contribution in [3.63, 3.8) is 0 Å². The molecule has 0 spiro atoms. The van der Waals surface area contributed by atoms with E-state index < -0.39 is 0 Å². The zero-order valence-electron chi connectivity index (χ0n) is 19.2. The molecule has 30 heavy (non-hydrogen) atoms. The van der Waals surface area contributed by atoms with E-state index in [-0.39, 0.29) is 0 Å². The fourth-order valence-corrected chi connectivity index (χ4v) is 3.28. The summed E-state index contributed by atoms with van der Waals surface area (Å²) in [5, 5.41) is 6.19. The average molecular weight is 414 g/mol. The number of ether oxygens (including phenoxy) is 1. The van der Waals surface area contributed by atoms with Crippen molar-refractivity contribution in [3.8, 4) is 6.01 Å². The molecule has 0 saturated carbocycles. The molecule has 2 rings (SSSR count). The first-order valence-electron chi connectivity index (χ1n) is 11.5. The Labute approximate surface area is 182 Å². The molecule has 1 aromatic heterocycles. The van der Waals surface area contributed by atoms with E-state index in [1.54, 1.807) is 7.05 Å². The molecule has 2 N–H and O–H groups in total. The standard InChI is InChI=1S/C24H39N5O/c1-5-6-7-8-9-10-11-12-13-20(3)18-30-24-28-22(25-4)27-23(29-24)26-21-16-14-19(2)15-17-21/h14-17,20H,5-13,18H2,1-4H3,(H2,25,26,27,28,29). The molecule has 0 aliphatic carbocycles. The number of anilines is 3. The van der Waals surface area contributed by atoms with E-state index in [4.69, 9.17) is 4.74 Å². The number of benzene rings is 1. The van der Waals surface area contributed by atoms with Crippen LogP contribution in [0.5, 0.6) is 6.01 Å². The fraction of sp³-hybridized carbons (Fsp3) is 0.625. The lowest BCUT2D eigenvalue weighted by Gasteiger charge is -2.13. The van der Waals surface area contributed by atoms with Gasteiger partial charge in [-0.15, -0.1) is 0 Å². The third kappa shape index (κ3) is 9.42. The molecule has 0 radical (unpaired) electrons. The SMILES string of the molecule is CCCCCCCCCCC(C)COc1nc(NC)nc(Nc2ccc(C)cc2)n1. The molecular formula is C24H39N5O. The third-order valence-corrected chi connectivity index (χ3v) is 5.19. The molecule has 0 aliphatic rings. The van der Waals surface area contributed by atoms with Gasteiger partial charge < -0.3 is 15.4 Å². The minimum Gasteiger partial charge on any atom is -0.463 e. The number of aromatic nitrogens is 3. The molecule has 0 bridgehead atoms. The van der Waals surface area contributed by atoms with Gasteiger partial charge in [0.05, 0.1) is 6.61 Å². The highest BCUT2D eigenvalue weighted by atomic mass is 16.5. The molecule has 2 aromatic rings. The number of hydrogen-bond donors (Lipinski definition) is 2. The van der Waals surface area contributed by atoms with Gasteiger partial charge in [0.25, 0.3) is 0 Å². The van der Waals surface area contributed by atoms with Crippen LogP contribution in [0.4, 0.5) is 17.6 Å². The second-order valence-electron chi connectivity index (χ2n) is 8.19. The van der Waals surface area contributed by atoms with Crippen LogP contribution in [-0.4, -0.2) is 28.6 Å². The largest absolute Gasteiger partial charge is 0.463 e. The van der Waals surface area contributed by atoms with E-state index in [1.165, 1.54) is 63.4 Å². The highest BCUT2D eigenvalue weighted by Crippen LogP contribution is 2.18. The Kier molecular flexibility index (Phi) is 11.0. The fourth-order valence-electron chi connectivity index (χ4n) is 3.28. The van der Waals surface area contributed by atoms with Gasteiger partial charge in [0.15, 0.2) is 0 Å². The van der Waals surface area contributed by atoms with Gasteiger partial charge in [0.2, 0.25) is 11.9 Å². The van der Waals surface area contributed by atoms with Crippen LogP contribution in [0, 0.1) is 12.8 Å². The lowest BCUT2D eigenvalue weighted by Crippen LogP contribution is -2.12. The second kappa shape index (κ2) is 13.8. The van der Waals surface area contributed by atoms with Crippen LogP contribution in [0.15, 0.2) is 24.3 Å². The summed E-state index contributed by atoms with van der Waals surface area (Å²) >= 11 is 0. The normalized spacial score (nSPS) is 11.9. The summed E-state index contributed by atoms with van der Waals surface area (Å²) < 4.78 is 5.89. The Balaban J connectivity index is 1.75. The topological polar surface area (TPSA) is 72.0 Å². The monoisotopic (exact) mass is 413 g/mol. The van der Waals surface area contributed by atoms with Crippen LogP contribution in [-0.2, 0) is 0 Å². The van der Waals surface area contributed by atoms with Crippen molar-refractivity contribution in [2.45, 2.75) is 78.6 Å². The second-order valence-corrected chi connectivity index (χ2v) is 8.19. The Morgan fingerprint density at radius 3 is 2.17 bits per heavy atom. The van der Waals surface area contributed by atoms with Gasteiger partial charge in [-0.2, -0.15) is 15.0 Å². The van der Waals surface area contributed by atoms with Gasteiger partial charge in [-0.3, -0.25) is 0 Å². The van der Waals surface area contributed by atoms with Crippen molar-refractivity contribution >= 4 is 17.6 Å². The summed E-state index contributed by atoms with van der Waals surface area (Å²) in [7, 11) is 1.79. The maximum atomic E-state index is 5.89. The molecule has 1 aromatic carbocycles. The highest BCUT2D eigenvalue weighted by molar-refractivity contribution is 5.54. The van der Waals surface area contributed by atoms with E-state index >= 15 is 0 Å². The van der Waals surface area contributed by atoms with Crippen LogP contribution < -0.4 is 15.4 Å². The van der Waals surface area contributed by atoms with Crippen molar-refractivity contribution in [2.75, 3.05) is 24.3 Å². The minimum atomic E-state index is 0.353. The highest BCUT2D eigenvalue weighted by Gasteiger charge is 2.10. The molecule has 1 unspecified atom stereocenters. The lowest BCUT2D eigenvalue weighted by atomic mass is 10.0. The first kappa shape index (κ1) is 23.9. The van der Waals surface area contributed by atoms with Gasteiger partial charge in [-0.25, -0.2) is 0 Å². The van der Waals surface area contributed by atoms with Crippen LogP contribution in [0.3, 0.4) is 0 Å². The Morgan fingerprint density at radius 1 is 0.867 bits per heavy atom. The van der Waals surface area contributed by atoms with Gasteiger partial charge in [-0.05, 0) is 31.4 Å². The molecule has 166 valence electrons. The number of aryl methyl sites for hydroxylation is 1. The van der Waals surface area contributed by atoms with E-state index in [2.05, 4.69) is 46.4 Å². The molecular weight excluding hydrogens is 374 g/mol. The summed E-state index contributed by atoms with van der Waals surface area (Å²) in [6.07, 6.45) is 12.0. The maximum Gasteiger partial charge on any atom is 0.323 e. The van der Waals surface area contributed by atoms with Gasteiger partial charge >= 0.3 is 6.01 Å². The lowest BCUT2D eigenvalue weighted by molar-refractivity contribution is 0.231.